The molecule has 1 aromatic carbocycles. The number of carboxylic acids is 1. The summed E-state index contributed by atoms with van der Waals surface area (Å²) in [7, 11) is 0. The van der Waals surface area contributed by atoms with Crippen molar-refractivity contribution in [2.45, 2.75) is 32.5 Å². The van der Waals surface area contributed by atoms with Gasteiger partial charge in [0, 0.05) is 5.56 Å². The van der Waals surface area contributed by atoms with Gasteiger partial charge in [0.15, 0.2) is 0 Å². The van der Waals surface area contributed by atoms with Crippen molar-refractivity contribution in [3.63, 3.8) is 0 Å². The van der Waals surface area contributed by atoms with Crippen molar-refractivity contribution in [2.24, 2.45) is 11.7 Å². The third-order valence-electron chi connectivity index (χ3n) is 3.08. The first-order chi connectivity index (χ1) is 13.3. The maximum atomic E-state index is 11.7. The lowest BCUT2D eigenvalue weighted by Crippen LogP contribution is -2.51. The Hall–Kier alpha value is -3.15. The van der Waals surface area contributed by atoms with E-state index in [0.29, 0.717) is 12.0 Å². The van der Waals surface area contributed by atoms with Gasteiger partial charge < -0.3 is 16.2 Å². The van der Waals surface area contributed by atoms with Gasteiger partial charge in [0.1, 0.15) is 0 Å². The molecule has 0 spiro atoms. The predicted octanol–water partition coefficient (Wildman–Crippen LogP) is 0.571. The van der Waals surface area contributed by atoms with Gasteiger partial charge in [-0.2, -0.15) is 13.2 Å². The summed E-state index contributed by atoms with van der Waals surface area (Å²) < 4.78 is 31.7. The maximum Gasteiger partial charge on any atom is 0.490 e. The summed E-state index contributed by atoms with van der Waals surface area (Å²) in [5.74, 6) is -3.83. The number of nitrogens with one attached hydrogen (secondary N) is 3. The first-order valence-corrected chi connectivity index (χ1v) is 8.32. The number of hydrazine groups is 1. The number of halogens is 3. The third kappa shape index (κ3) is 12.0. The van der Waals surface area contributed by atoms with Gasteiger partial charge in [-0.25, -0.2) is 4.79 Å². The minimum Gasteiger partial charge on any atom is -0.475 e. The Bertz CT molecular complexity index is 696. The Morgan fingerprint density at radius 2 is 1.59 bits per heavy atom. The highest BCUT2D eigenvalue weighted by Gasteiger charge is 2.38. The molecule has 0 bridgehead atoms. The first kappa shape index (κ1) is 25.9. The van der Waals surface area contributed by atoms with Crippen LogP contribution in [0.3, 0.4) is 0 Å². The molecule has 29 heavy (non-hydrogen) atoms. The van der Waals surface area contributed by atoms with Crippen molar-refractivity contribution < 1.29 is 37.5 Å². The molecule has 1 atom stereocenters. The maximum absolute atomic E-state index is 11.7. The molecular weight excluding hydrogens is 397 g/mol. The van der Waals surface area contributed by atoms with E-state index in [-0.39, 0.29) is 18.4 Å². The number of alkyl halides is 3. The molecule has 0 radical (unpaired) electrons. The summed E-state index contributed by atoms with van der Waals surface area (Å²) in [4.78, 5) is 43.8. The van der Waals surface area contributed by atoms with Crippen LogP contribution in [0.25, 0.3) is 0 Å². The monoisotopic (exact) mass is 420 g/mol. The molecule has 0 saturated heterocycles. The fourth-order valence-corrected chi connectivity index (χ4v) is 1.74. The summed E-state index contributed by atoms with van der Waals surface area (Å²) in [6.07, 6.45) is -4.56. The van der Waals surface area contributed by atoms with Gasteiger partial charge in [0.2, 0.25) is 0 Å². The molecule has 0 aliphatic rings. The third-order valence-corrected chi connectivity index (χ3v) is 3.08. The van der Waals surface area contributed by atoms with Crippen molar-refractivity contribution in [2.75, 3.05) is 6.54 Å². The molecule has 0 aliphatic heterocycles. The fourth-order valence-electron chi connectivity index (χ4n) is 1.74. The summed E-state index contributed by atoms with van der Waals surface area (Å²) in [5, 5.41) is 9.58. The molecule has 9 nitrogen and oxygen atoms in total. The largest absolute Gasteiger partial charge is 0.490 e. The topological polar surface area (TPSA) is 151 Å². The van der Waals surface area contributed by atoms with Crippen molar-refractivity contribution in [1.82, 2.24) is 16.2 Å². The summed E-state index contributed by atoms with van der Waals surface area (Å²) in [5.41, 5.74) is 10.6. The lowest BCUT2D eigenvalue weighted by atomic mass is 10.0. The van der Waals surface area contributed by atoms with Crippen LogP contribution in [-0.4, -0.2) is 47.6 Å². The molecule has 0 aliphatic carbocycles. The minimum atomic E-state index is -5.08. The van der Waals surface area contributed by atoms with Crippen molar-refractivity contribution in [1.29, 1.82) is 0 Å². The number of carbonyl (C=O) groups excluding carboxylic acids is 3. The quantitative estimate of drug-likeness (QED) is 0.425. The first-order valence-electron chi connectivity index (χ1n) is 8.32. The highest BCUT2D eigenvalue weighted by Crippen LogP contribution is 2.13. The Balaban J connectivity index is 0.000000956. The zero-order chi connectivity index (χ0) is 22.6. The zero-order valence-corrected chi connectivity index (χ0v) is 15.7. The van der Waals surface area contributed by atoms with Crippen LogP contribution in [0, 0.1) is 5.92 Å². The number of hydrogen-bond donors (Lipinski definition) is 5. The molecule has 3 amide bonds. The van der Waals surface area contributed by atoms with E-state index >= 15 is 0 Å². The molecular formula is C17H23F3N4O5. The van der Waals surface area contributed by atoms with E-state index < -0.39 is 30.0 Å². The average Bonchev–Trinajstić information content (AvgIpc) is 2.63. The minimum absolute atomic E-state index is 0.243. The van der Waals surface area contributed by atoms with Crippen LogP contribution in [0.4, 0.5) is 13.2 Å². The van der Waals surface area contributed by atoms with Gasteiger partial charge in [-0.3, -0.25) is 25.2 Å². The van der Waals surface area contributed by atoms with Gasteiger partial charge >= 0.3 is 12.1 Å². The van der Waals surface area contributed by atoms with Crippen LogP contribution >= 0.6 is 0 Å². The molecule has 1 rings (SSSR count). The van der Waals surface area contributed by atoms with E-state index in [1.54, 1.807) is 30.3 Å². The van der Waals surface area contributed by atoms with Crippen LogP contribution in [0.2, 0.25) is 0 Å². The normalized spacial score (nSPS) is 11.6. The van der Waals surface area contributed by atoms with E-state index in [9.17, 15) is 27.6 Å². The highest BCUT2D eigenvalue weighted by molar-refractivity contribution is 5.96. The van der Waals surface area contributed by atoms with Crippen molar-refractivity contribution in [3.8, 4) is 0 Å². The number of hydrogen-bond acceptors (Lipinski definition) is 5. The fraction of sp³-hybridized carbons (Fsp3) is 0.412. The van der Waals surface area contributed by atoms with Gasteiger partial charge in [-0.1, -0.05) is 32.0 Å². The summed E-state index contributed by atoms with van der Waals surface area (Å²) in [6, 6.07) is 7.84. The molecule has 0 heterocycles. The molecule has 1 unspecified atom stereocenters. The second kappa shape index (κ2) is 12.3. The second-order valence-corrected chi connectivity index (χ2v) is 6.13. The lowest BCUT2D eigenvalue weighted by molar-refractivity contribution is -0.192. The average molecular weight is 420 g/mol. The van der Waals surface area contributed by atoms with E-state index in [1.165, 1.54) is 0 Å². The van der Waals surface area contributed by atoms with Crippen molar-refractivity contribution >= 4 is 23.7 Å². The highest BCUT2D eigenvalue weighted by atomic mass is 19.4. The van der Waals surface area contributed by atoms with Crippen molar-refractivity contribution in [3.05, 3.63) is 35.9 Å². The predicted molar refractivity (Wildman–Crippen MR) is 96.2 cm³/mol. The van der Waals surface area contributed by atoms with Crippen LogP contribution in [-0.2, 0) is 14.4 Å². The number of amides is 3. The number of rotatable bonds is 6. The molecule has 1 aromatic rings. The Labute approximate surface area is 164 Å². The van der Waals surface area contributed by atoms with Crippen LogP contribution in [0.5, 0.6) is 0 Å². The smallest absolute Gasteiger partial charge is 0.475 e. The molecule has 0 saturated carbocycles. The Kier molecular flexibility index (Phi) is 11.0. The molecule has 6 N–H and O–H groups in total. The zero-order valence-electron chi connectivity index (χ0n) is 15.7. The number of benzene rings is 1. The molecule has 0 fully saturated rings. The molecule has 12 heteroatoms. The SMILES string of the molecule is CC(C)CC(N)C(=O)NNC(=O)CNC(=O)c1ccccc1.O=C(O)C(F)(F)F. The Morgan fingerprint density at radius 3 is 2.03 bits per heavy atom. The van der Waals surface area contributed by atoms with Gasteiger partial charge in [0.05, 0.1) is 12.6 Å². The van der Waals surface area contributed by atoms with Gasteiger partial charge in [-0.05, 0) is 24.5 Å². The number of carbonyl (C=O) groups is 4. The van der Waals surface area contributed by atoms with Gasteiger partial charge in [0.25, 0.3) is 17.7 Å². The van der Waals surface area contributed by atoms with Crippen LogP contribution in [0.15, 0.2) is 30.3 Å². The molecule has 162 valence electrons. The Morgan fingerprint density at radius 1 is 1.07 bits per heavy atom. The van der Waals surface area contributed by atoms with Crippen LogP contribution < -0.4 is 21.9 Å². The van der Waals surface area contributed by atoms with E-state index in [0.717, 1.165) is 0 Å². The molecule has 0 aromatic heterocycles. The summed E-state index contributed by atoms with van der Waals surface area (Å²) >= 11 is 0. The summed E-state index contributed by atoms with van der Waals surface area (Å²) in [6.45, 7) is 3.66. The van der Waals surface area contributed by atoms with E-state index in [4.69, 9.17) is 15.6 Å². The standard InChI is InChI=1S/C15H22N4O3.C2HF3O2/c1-10(2)8-12(16)15(22)19-18-13(20)9-17-14(21)11-6-4-3-5-7-11;3-2(4,5)1(6)7/h3-7,10,12H,8-9,16H2,1-2H3,(H,17,21)(H,18,20)(H,19,22);(H,6,7). The van der Waals surface area contributed by atoms with Gasteiger partial charge in [-0.15, -0.1) is 0 Å². The van der Waals surface area contributed by atoms with Crippen LogP contribution in [0.1, 0.15) is 30.6 Å². The second-order valence-electron chi connectivity index (χ2n) is 6.13. The number of nitrogens with two attached hydrogens (primary N) is 1. The van der Waals surface area contributed by atoms with E-state index in [2.05, 4.69) is 16.2 Å². The number of aliphatic carboxylic acids is 1. The van der Waals surface area contributed by atoms with E-state index in [1.807, 2.05) is 13.8 Å². The lowest BCUT2D eigenvalue weighted by Gasteiger charge is -2.14. The number of carboxylic acid groups (broad SMARTS) is 1.